The molecule has 1 N–H and O–H groups in total. The molecule has 0 aliphatic rings. The van der Waals surface area contributed by atoms with Gasteiger partial charge in [0.2, 0.25) is 0 Å². The third kappa shape index (κ3) is 10.2. The molecule has 4 heteroatoms. The average Bonchev–Trinajstić information content (AvgIpc) is 2.44. The van der Waals surface area contributed by atoms with Gasteiger partial charge in [0.25, 0.3) is 0 Å². The number of rotatable bonds is 6. The highest BCUT2D eigenvalue weighted by atomic mass is 35.5. The van der Waals surface area contributed by atoms with Gasteiger partial charge in [-0.15, -0.1) is 11.6 Å². The predicted molar refractivity (Wildman–Crippen MR) is 79.9 cm³/mol. The van der Waals surface area contributed by atoms with E-state index in [9.17, 15) is 4.79 Å². The second kappa shape index (κ2) is 11.6. The highest BCUT2D eigenvalue weighted by Gasteiger charge is 1.91. The summed E-state index contributed by atoms with van der Waals surface area (Å²) in [5.74, 6) is 0.636. The van der Waals surface area contributed by atoms with Gasteiger partial charge in [-0.25, -0.2) is 4.79 Å². The van der Waals surface area contributed by atoms with Gasteiger partial charge >= 0.3 is 5.97 Å². The van der Waals surface area contributed by atoms with Crippen molar-refractivity contribution in [2.45, 2.75) is 26.2 Å². The van der Waals surface area contributed by atoms with Crippen LogP contribution in [0.4, 0.5) is 0 Å². The first kappa shape index (κ1) is 17.5. The number of ether oxygens (including phenoxy) is 1. The van der Waals surface area contributed by atoms with Crippen LogP contribution in [0.3, 0.4) is 0 Å². The van der Waals surface area contributed by atoms with E-state index in [1.807, 2.05) is 0 Å². The van der Waals surface area contributed by atoms with Gasteiger partial charge in [0.05, 0.1) is 7.11 Å². The number of carbonyl (C=O) groups is 1. The molecule has 0 heterocycles. The molecule has 0 aliphatic carbocycles. The van der Waals surface area contributed by atoms with Crippen molar-refractivity contribution in [3.05, 3.63) is 35.9 Å². The molecule has 1 aromatic rings. The molecule has 0 aromatic heterocycles. The van der Waals surface area contributed by atoms with Crippen molar-refractivity contribution in [3.8, 4) is 5.75 Å². The summed E-state index contributed by atoms with van der Waals surface area (Å²) in [5.41, 5.74) is 0.836. The molecular formula is C15H21ClO3. The Morgan fingerprint density at radius 1 is 1.32 bits per heavy atom. The molecule has 0 amide bonds. The predicted octanol–water partition coefficient (Wildman–Crippen LogP) is 4.21. The van der Waals surface area contributed by atoms with E-state index < -0.39 is 5.97 Å². The van der Waals surface area contributed by atoms with E-state index in [0.717, 1.165) is 23.3 Å². The van der Waals surface area contributed by atoms with E-state index in [0.29, 0.717) is 0 Å². The van der Waals surface area contributed by atoms with E-state index in [-0.39, 0.29) is 0 Å². The summed E-state index contributed by atoms with van der Waals surface area (Å²) in [6, 6.07) is 7.14. The molecule has 0 saturated carbocycles. The number of methoxy groups -OCH3 is 1. The number of carboxylic acid groups (broad SMARTS) is 1. The van der Waals surface area contributed by atoms with E-state index in [1.54, 1.807) is 31.4 Å². The molecule has 0 aliphatic heterocycles. The van der Waals surface area contributed by atoms with Crippen LogP contribution in [-0.4, -0.2) is 24.1 Å². The first-order valence-electron chi connectivity index (χ1n) is 6.25. The second-order valence-electron chi connectivity index (χ2n) is 3.84. The van der Waals surface area contributed by atoms with Crippen LogP contribution in [0.25, 0.3) is 6.08 Å². The Hall–Kier alpha value is -1.48. The molecule has 19 heavy (non-hydrogen) atoms. The lowest BCUT2D eigenvalue weighted by Gasteiger charge is -1.98. The number of halogens is 1. The monoisotopic (exact) mass is 284 g/mol. The van der Waals surface area contributed by atoms with Crippen LogP contribution in [0, 0.1) is 0 Å². The Morgan fingerprint density at radius 2 is 1.95 bits per heavy atom. The number of aliphatic carboxylic acids is 1. The van der Waals surface area contributed by atoms with E-state index in [2.05, 4.69) is 6.92 Å². The number of hydrogen-bond acceptors (Lipinski definition) is 2. The minimum atomic E-state index is -0.948. The zero-order valence-corrected chi connectivity index (χ0v) is 12.2. The van der Waals surface area contributed by atoms with E-state index in [1.165, 1.54) is 25.3 Å². The lowest BCUT2D eigenvalue weighted by atomic mass is 10.2. The topological polar surface area (TPSA) is 46.5 Å². The fourth-order valence-corrected chi connectivity index (χ4v) is 1.42. The molecule has 106 valence electrons. The van der Waals surface area contributed by atoms with Crippen molar-refractivity contribution in [2.24, 2.45) is 0 Å². The maximum atomic E-state index is 10.2. The van der Waals surface area contributed by atoms with Crippen LogP contribution in [0.1, 0.15) is 31.7 Å². The summed E-state index contributed by atoms with van der Waals surface area (Å²) < 4.78 is 4.95. The molecule has 0 unspecified atom stereocenters. The van der Waals surface area contributed by atoms with Gasteiger partial charge < -0.3 is 9.84 Å². The van der Waals surface area contributed by atoms with Crippen LogP contribution in [0.2, 0.25) is 0 Å². The molecule has 0 bridgehead atoms. The summed E-state index contributed by atoms with van der Waals surface area (Å²) in [6.45, 7) is 2.17. The lowest BCUT2D eigenvalue weighted by Crippen LogP contribution is -1.86. The molecule has 1 rings (SSSR count). The molecule has 0 fully saturated rings. The van der Waals surface area contributed by atoms with Gasteiger partial charge in [0, 0.05) is 12.0 Å². The first-order chi connectivity index (χ1) is 9.13. The van der Waals surface area contributed by atoms with Crippen molar-refractivity contribution in [2.75, 3.05) is 13.0 Å². The average molecular weight is 285 g/mol. The molecule has 0 saturated heterocycles. The van der Waals surface area contributed by atoms with Gasteiger partial charge in [-0.1, -0.05) is 31.9 Å². The maximum Gasteiger partial charge on any atom is 0.328 e. The number of alkyl halides is 1. The third-order valence-electron chi connectivity index (χ3n) is 2.27. The molecule has 0 spiro atoms. The summed E-state index contributed by atoms with van der Waals surface area (Å²) in [6.07, 6.45) is 6.36. The van der Waals surface area contributed by atoms with Gasteiger partial charge in [-0.2, -0.15) is 0 Å². The lowest BCUT2D eigenvalue weighted by molar-refractivity contribution is -0.131. The van der Waals surface area contributed by atoms with Crippen molar-refractivity contribution < 1.29 is 14.6 Å². The summed E-state index contributed by atoms with van der Waals surface area (Å²) in [5, 5.41) is 8.36. The molecule has 1 aromatic carbocycles. The normalized spacial score (nSPS) is 9.84. The minimum absolute atomic E-state index is 0.757. The maximum absolute atomic E-state index is 10.2. The minimum Gasteiger partial charge on any atom is -0.497 e. The molecular weight excluding hydrogens is 264 g/mol. The highest BCUT2D eigenvalue weighted by Crippen LogP contribution is 2.11. The van der Waals surface area contributed by atoms with Gasteiger partial charge in [-0.05, 0) is 30.2 Å². The quantitative estimate of drug-likeness (QED) is 0.483. The summed E-state index contributed by atoms with van der Waals surface area (Å²) in [4.78, 5) is 10.2. The van der Waals surface area contributed by atoms with Crippen LogP contribution in [-0.2, 0) is 4.79 Å². The number of carboxylic acids is 1. The van der Waals surface area contributed by atoms with Crippen LogP contribution >= 0.6 is 11.6 Å². The summed E-state index contributed by atoms with van der Waals surface area (Å²) in [7, 11) is 1.59. The van der Waals surface area contributed by atoms with Crippen LogP contribution in [0.15, 0.2) is 30.3 Å². The van der Waals surface area contributed by atoms with Crippen LogP contribution in [0.5, 0.6) is 5.75 Å². The van der Waals surface area contributed by atoms with E-state index >= 15 is 0 Å². The Morgan fingerprint density at radius 3 is 2.32 bits per heavy atom. The largest absolute Gasteiger partial charge is 0.497 e. The van der Waals surface area contributed by atoms with Crippen LogP contribution < -0.4 is 4.74 Å². The first-order valence-corrected chi connectivity index (χ1v) is 6.78. The SMILES string of the molecule is CCCCCCl.COc1ccc(C=CC(=O)O)cc1. The Bertz CT molecular complexity index is 367. The highest BCUT2D eigenvalue weighted by molar-refractivity contribution is 6.17. The Balaban J connectivity index is 0.000000459. The standard InChI is InChI=1S/C10H10O3.C5H11Cl/c1-13-9-5-2-8(3-6-9)4-7-10(11)12;1-2-3-4-5-6/h2-7H,1H3,(H,11,12);2-5H2,1H3. The van der Waals surface area contributed by atoms with Crippen molar-refractivity contribution in [1.82, 2.24) is 0 Å². The smallest absolute Gasteiger partial charge is 0.328 e. The van der Waals surface area contributed by atoms with Crippen molar-refractivity contribution in [3.63, 3.8) is 0 Å². The fourth-order valence-electron chi connectivity index (χ4n) is 1.23. The van der Waals surface area contributed by atoms with Crippen molar-refractivity contribution in [1.29, 1.82) is 0 Å². The molecule has 0 radical (unpaired) electrons. The van der Waals surface area contributed by atoms with Gasteiger partial charge in [0.1, 0.15) is 5.75 Å². The van der Waals surface area contributed by atoms with Gasteiger partial charge in [0.15, 0.2) is 0 Å². The summed E-state index contributed by atoms with van der Waals surface area (Å²) >= 11 is 5.38. The Labute approximate surface area is 119 Å². The van der Waals surface area contributed by atoms with Gasteiger partial charge in [-0.3, -0.25) is 0 Å². The zero-order valence-electron chi connectivity index (χ0n) is 11.4. The van der Waals surface area contributed by atoms with Crippen molar-refractivity contribution >= 4 is 23.6 Å². The third-order valence-corrected chi connectivity index (χ3v) is 2.54. The number of hydrogen-bond donors (Lipinski definition) is 1. The molecule has 3 nitrogen and oxygen atoms in total. The van der Waals surface area contributed by atoms with E-state index in [4.69, 9.17) is 21.4 Å². The zero-order chi connectivity index (χ0) is 14.5. The Kier molecular flexibility index (Phi) is 10.7. The fraction of sp³-hybridized carbons (Fsp3) is 0.400. The number of benzene rings is 1. The number of unbranched alkanes of at least 4 members (excludes halogenated alkanes) is 2. The second-order valence-corrected chi connectivity index (χ2v) is 4.22. The molecule has 0 atom stereocenters.